The maximum Gasteiger partial charge on any atom is 0.0492 e. The zero-order valence-electron chi connectivity index (χ0n) is 10.7. The van der Waals surface area contributed by atoms with Crippen molar-refractivity contribution in [1.82, 2.24) is 15.1 Å². The molecule has 0 aliphatic carbocycles. The Labute approximate surface area is 116 Å². The van der Waals surface area contributed by atoms with Gasteiger partial charge in [-0.1, -0.05) is 28.1 Å². The highest BCUT2D eigenvalue weighted by Gasteiger charge is 2.05. The first-order chi connectivity index (χ1) is 8.66. The molecule has 0 radical (unpaired) electrons. The van der Waals surface area contributed by atoms with Gasteiger partial charge in [0.1, 0.15) is 0 Å². The van der Waals surface area contributed by atoms with E-state index in [1.807, 2.05) is 17.9 Å². The molecule has 1 aromatic heterocycles. The van der Waals surface area contributed by atoms with Crippen molar-refractivity contribution in [3.63, 3.8) is 0 Å². The van der Waals surface area contributed by atoms with Crippen LogP contribution >= 0.6 is 15.9 Å². The summed E-state index contributed by atoms with van der Waals surface area (Å²) in [4.78, 5) is 0. The summed E-state index contributed by atoms with van der Waals surface area (Å²) in [7, 11) is 1.98. The summed E-state index contributed by atoms with van der Waals surface area (Å²) < 4.78 is 3.04. The second-order valence-electron chi connectivity index (χ2n) is 4.42. The molecule has 0 unspecified atom stereocenters. The van der Waals surface area contributed by atoms with Crippen molar-refractivity contribution < 1.29 is 0 Å². The van der Waals surface area contributed by atoms with E-state index in [9.17, 15) is 0 Å². The average Bonchev–Trinajstić information content (AvgIpc) is 2.76. The zero-order chi connectivity index (χ0) is 13.0. The fraction of sp³-hybridized carbons (Fsp3) is 0.357. The third-order valence-electron chi connectivity index (χ3n) is 3.12. The first kappa shape index (κ1) is 13.3. The van der Waals surface area contributed by atoms with Gasteiger partial charge in [-0.05, 0) is 30.7 Å². The highest BCUT2D eigenvalue weighted by Crippen LogP contribution is 2.16. The second-order valence-corrected chi connectivity index (χ2v) is 5.34. The summed E-state index contributed by atoms with van der Waals surface area (Å²) in [6, 6.07) is 10.9. The minimum absolute atomic E-state index is 0.367. The van der Waals surface area contributed by atoms with Gasteiger partial charge in [0.15, 0.2) is 0 Å². The standard InChI is InChI=1S/C14H18BrN3/c1-11(12-3-5-13(15)6-4-12)16-9-7-14-8-10-17-18(14)2/h3-6,8,10-11,16H,7,9H2,1-2H3/t11-/m0/s1. The van der Waals surface area contributed by atoms with Crippen LogP contribution in [0.15, 0.2) is 41.0 Å². The molecule has 1 atom stereocenters. The molecule has 1 aromatic carbocycles. The molecular formula is C14H18BrN3. The lowest BCUT2D eigenvalue weighted by Gasteiger charge is -2.14. The first-order valence-electron chi connectivity index (χ1n) is 6.12. The van der Waals surface area contributed by atoms with Crippen LogP contribution in [0.1, 0.15) is 24.2 Å². The van der Waals surface area contributed by atoms with Gasteiger partial charge < -0.3 is 5.32 Å². The van der Waals surface area contributed by atoms with Crippen molar-refractivity contribution in [1.29, 1.82) is 0 Å². The molecule has 0 saturated carbocycles. The van der Waals surface area contributed by atoms with Crippen LogP contribution in [0.25, 0.3) is 0 Å². The summed E-state index contributed by atoms with van der Waals surface area (Å²) in [5, 5.41) is 7.69. The molecule has 0 bridgehead atoms. The summed E-state index contributed by atoms with van der Waals surface area (Å²) >= 11 is 3.45. The fourth-order valence-electron chi connectivity index (χ4n) is 1.93. The highest BCUT2D eigenvalue weighted by atomic mass is 79.9. The maximum absolute atomic E-state index is 4.17. The highest BCUT2D eigenvalue weighted by molar-refractivity contribution is 9.10. The lowest BCUT2D eigenvalue weighted by Crippen LogP contribution is -2.22. The minimum Gasteiger partial charge on any atom is -0.310 e. The topological polar surface area (TPSA) is 29.9 Å². The summed E-state index contributed by atoms with van der Waals surface area (Å²) in [5.41, 5.74) is 2.56. The van der Waals surface area contributed by atoms with Gasteiger partial charge in [-0.2, -0.15) is 5.10 Å². The molecule has 2 aromatic rings. The molecule has 1 N–H and O–H groups in total. The number of benzene rings is 1. The smallest absolute Gasteiger partial charge is 0.0492 e. The van der Waals surface area contributed by atoms with E-state index in [4.69, 9.17) is 0 Å². The summed E-state index contributed by atoms with van der Waals surface area (Å²) in [6.45, 7) is 3.14. The number of hydrogen-bond acceptors (Lipinski definition) is 2. The lowest BCUT2D eigenvalue weighted by atomic mass is 10.1. The molecule has 96 valence electrons. The van der Waals surface area contributed by atoms with Crippen LogP contribution in [-0.2, 0) is 13.5 Å². The molecule has 0 aliphatic rings. The van der Waals surface area contributed by atoms with Gasteiger partial charge in [0.2, 0.25) is 0 Å². The molecular weight excluding hydrogens is 290 g/mol. The number of nitrogens with zero attached hydrogens (tertiary/aromatic N) is 2. The van der Waals surface area contributed by atoms with Gasteiger partial charge in [-0.25, -0.2) is 0 Å². The minimum atomic E-state index is 0.367. The van der Waals surface area contributed by atoms with Crippen LogP contribution in [0.4, 0.5) is 0 Å². The van der Waals surface area contributed by atoms with Gasteiger partial charge >= 0.3 is 0 Å². The number of aromatic nitrogens is 2. The Morgan fingerprint density at radius 2 is 2.00 bits per heavy atom. The van der Waals surface area contributed by atoms with Gasteiger partial charge in [0, 0.05) is 42.4 Å². The van der Waals surface area contributed by atoms with Crippen LogP contribution in [0, 0.1) is 0 Å². The molecule has 0 fully saturated rings. The SMILES string of the molecule is C[C@H](NCCc1ccnn1C)c1ccc(Br)cc1. The van der Waals surface area contributed by atoms with E-state index < -0.39 is 0 Å². The normalized spacial score (nSPS) is 12.6. The summed E-state index contributed by atoms with van der Waals surface area (Å²) in [5.74, 6) is 0. The van der Waals surface area contributed by atoms with Crippen LogP contribution in [0.5, 0.6) is 0 Å². The van der Waals surface area contributed by atoms with Crippen LogP contribution in [0.3, 0.4) is 0 Å². The largest absolute Gasteiger partial charge is 0.310 e. The molecule has 1 heterocycles. The summed E-state index contributed by atoms with van der Waals surface area (Å²) in [6.07, 6.45) is 2.84. The number of hydrogen-bond donors (Lipinski definition) is 1. The van der Waals surface area contributed by atoms with E-state index in [1.165, 1.54) is 11.3 Å². The molecule has 0 amide bonds. The first-order valence-corrected chi connectivity index (χ1v) is 6.92. The Morgan fingerprint density at radius 1 is 1.28 bits per heavy atom. The fourth-order valence-corrected chi connectivity index (χ4v) is 2.20. The Kier molecular flexibility index (Phi) is 4.55. The van der Waals surface area contributed by atoms with Crippen LogP contribution < -0.4 is 5.32 Å². The third-order valence-corrected chi connectivity index (χ3v) is 3.65. The molecule has 0 aliphatic heterocycles. The zero-order valence-corrected chi connectivity index (χ0v) is 12.3. The number of nitrogens with one attached hydrogen (secondary N) is 1. The van der Waals surface area contributed by atoms with Crippen molar-refractivity contribution >= 4 is 15.9 Å². The van der Waals surface area contributed by atoms with Crippen molar-refractivity contribution in [3.8, 4) is 0 Å². The van der Waals surface area contributed by atoms with Crippen LogP contribution in [0.2, 0.25) is 0 Å². The monoisotopic (exact) mass is 307 g/mol. The van der Waals surface area contributed by atoms with E-state index >= 15 is 0 Å². The molecule has 2 rings (SSSR count). The number of rotatable bonds is 5. The van der Waals surface area contributed by atoms with E-state index in [-0.39, 0.29) is 0 Å². The van der Waals surface area contributed by atoms with Gasteiger partial charge in [-0.15, -0.1) is 0 Å². The number of aryl methyl sites for hydroxylation is 1. The third kappa shape index (κ3) is 3.43. The lowest BCUT2D eigenvalue weighted by molar-refractivity contribution is 0.564. The maximum atomic E-state index is 4.17. The Hall–Kier alpha value is -1.13. The quantitative estimate of drug-likeness (QED) is 0.920. The second kappa shape index (κ2) is 6.16. The van der Waals surface area contributed by atoms with E-state index in [0.29, 0.717) is 6.04 Å². The Bertz CT molecular complexity index is 490. The molecule has 4 heteroatoms. The van der Waals surface area contributed by atoms with E-state index in [2.05, 4.69) is 63.6 Å². The predicted molar refractivity (Wildman–Crippen MR) is 77.5 cm³/mol. The Morgan fingerprint density at radius 3 is 2.61 bits per heavy atom. The van der Waals surface area contributed by atoms with Crippen LogP contribution in [-0.4, -0.2) is 16.3 Å². The van der Waals surface area contributed by atoms with Crippen molar-refractivity contribution in [2.45, 2.75) is 19.4 Å². The molecule has 0 saturated heterocycles. The van der Waals surface area contributed by atoms with Crippen molar-refractivity contribution in [2.24, 2.45) is 7.05 Å². The number of halogens is 1. The molecule has 0 spiro atoms. The van der Waals surface area contributed by atoms with Crippen molar-refractivity contribution in [2.75, 3.05) is 6.54 Å². The average molecular weight is 308 g/mol. The van der Waals surface area contributed by atoms with Gasteiger partial charge in [0.25, 0.3) is 0 Å². The van der Waals surface area contributed by atoms with Gasteiger partial charge in [-0.3, -0.25) is 4.68 Å². The van der Waals surface area contributed by atoms with E-state index in [1.54, 1.807) is 0 Å². The Balaban J connectivity index is 1.83. The predicted octanol–water partition coefficient (Wildman–Crippen LogP) is 3.08. The molecule has 3 nitrogen and oxygen atoms in total. The van der Waals surface area contributed by atoms with Gasteiger partial charge in [0.05, 0.1) is 0 Å². The van der Waals surface area contributed by atoms with Crippen molar-refractivity contribution in [3.05, 3.63) is 52.3 Å². The molecule has 18 heavy (non-hydrogen) atoms. The van der Waals surface area contributed by atoms with E-state index in [0.717, 1.165) is 17.4 Å².